The van der Waals surface area contributed by atoms with E-state index < -0.39 is 11.6 Å². The number of benzene rings is 1. The summed E-state index contributed by atoms with van der Waals surface area (Å²) in [4.78, 5) is 24.7. The Labute approximate surface area is 145 Å². The van der Waals surface area contributed by atoms with E-state index in [0.29, 0.717) is 10.0 Å². The van der Waals surface area contributed by atoms with Crippen LogP contribution in [0.2, 0.25) is 0 Å². The average Bonchev–Trinajstić information content (AvgIpc) is 2.49. The van der Waals surface area contributed by atoms with Crippen LogP contribution in [0, 0.1) is 0 Å². The van der Waals surface area contributed by atoms with E-state index in [9.17, 15) is 9.59 Å². The summed E-state index contributed by atoms with van der Waals surface area (Å²) in [7, 11) is 1.41. The zero-order valence-electron chi connectivity index (χ0n) is 14.2. The van der Waals surface area contributed by atoms with Crippen molar-refractivity contribution in [1.82, 2.24) is 0 Å². The van der Waals surface area contributed by atoms with Crippen molar-refractivity contribution >= 4 is 32.0 Å². The van der Waals surface area contributed by atoms with Crippen LogP contribution in [0.5, 0.6) is 0 Å². The third kappa shape index (κ3) is 2.30. The SMILES string of the molecule is COC1=C(Br)c2cc3c(cc2C(=O)C1=O)C(C)(C)CCC3(C)C. The van der Waals surface area contributed by atoms with Crippen molar-refractivity contribution < 1.29 is 14.3 Å². The van der Waals surface area contributed by atoms with Gasteiger partial charge in [-0.05, 0) is 62.9 Å². The number of carbonyl (C=O) groups is 2. The van der Waals surface area contributed by atoms with Crippen LogP contribution in [-0.2, 0) is 20.4 Å². The molecule has 23 heavy (non-hydrogen) atoms. The van der Waals surface area contributed by atoms with Gasteiger partial charge in [0, 0.05) is 11.1 Å². The molecule has 0 amide bonds. The predicted molar refractivity (Wildman–Crippen MR) is 93.9 cm³/mol. The Bertz CT molecular complexity index is 769. The van der Waals surface area contributed by atoms with Crippen LogP contribution in [0.1, 0.15) is 67.6 Å². The number of rotatable bonds is 1. The van der Waals surface area contributed by atoms with Gasteiger partial charge >= 0.3 is 0 Å². The summed E-state index contributed by atoms with van der Waals surface area (Å²) in [5.41, 5.74) is 3.71. The fourth-order valence-corrected chi connectivity index (χ4v) is 4.28. The highest BCUT2D eigenvalue weighted by molar-refractivity contribution is 9.15. The zero-order chi connectivity index (χ0) is 17.2. The van der Waals surface area contributed by atoms with Gasteiger partial charge in [-0.1, -0.05) is 27.7 Å². The molecule has 0 aliphatic heterocycles. The normalized spacial score (nSPS) is 21.8. The molecule has 0 saturated carbocycles. The monoisotopic (exact) mass is 376 g/mol. The van der Waals surface area contributed by atoms with E-state index in [1.54, 1.807) is 0 Å². The Hall–Kier alpha value is -1.42. The first-order valence-electron chi connectivity index (χ1n) is 7.82. The molecule has 0 atom stereocenters. The van der Waals surface area contributed by atoms with E-state index in [1.165, 1.54) is 18.2 Å². The van der Waals surface area contributed by atoms with Crippen LogP contribution in [0.15, 0.2) is 17.9 Å². The van der Waals surface area contributed by atoms with E-state index in [0.717, 1.165) is 18.4 Å². The van der Waals surface area contributed by atoms with Gasteiger partial charge in [0.25, 0.3) is 5.78 Å². The van der Waals surface area contributed by atoms with Gasteiger partial charge in [0.05, 0.1) is 11.6 Å². The number of hydrogen-bond acceptors (Lipinski definition) is 3. The summed E-state index contributed by atoms with van der Waals surface area (Å²) in [6.07, 6.45) is 2.16. The predicted octanol–water partition coefficient (Wildman–Crippen LogP) is 4.51. The minimum atomic E-state index is -0.584. The van der Waals surface area contributed by atoms with Gasteiger partial charge in [-0.25, -0.2) is 0 Å². The molecule has 0 N–H and O–H groups in total. The van der Waals surface area contributed by atoms with Crippen molar-refractivity contribution in [2.75, 3.05) is 7.11 Å². The number of halogens is 1. The maximum atomic E-state index is 12.5. The largest absolute Gasteiger partial charge is 0.491 e. The molecule has 1 aromatic rings. The van der Waals surface area contributed by atoms with Crippen LogP contribution < -0.4 is 0 Å². The van der Waals surface area contributed by atoms with Crippen LogP contribution in [0.3, 0.4) is 0 Å². The van der Waals surface area contributed by atoms with Gasteiger partial charge in [0.1, 0.15) is 0 Å². The van der Waals surface area contributed by atoms with Crippen LogP contribution in [-0.4, -0.2) is 18.7 Å². The average molecular weight is 377 g/mol. The van der Waals surface area contributed by atoms with Crippen molar-refractivity contribution in [3.63, 3.8) is 0 Å². The molecule has 0 saturated heterocycles. The number of fused-ring (bicyclic) bond motifs is 2. The number of ketones is 2. The van der Waals surface area contributed by atoms with E-state index >= 15 is 0 Å². The maximum absolute atomic E-state index is 12.5. The highest BCUT2D eigenvalue weighted by Crippen LogP contribution is 2.48. The van der Waals surface area contributed by atoms with E-state index in [-0.39, 0.29) is 16.6 Å². The van der Waals surface area contributed by atoms with E-state index in [4.69, 9.17) is 4.74 Å². The summed E-state index contributed by atoms with van der Waals surface area (Å²) in [6, 6.07) is 4.00. The third-order valence-electron chi connectivity index (χ3n) is 5.29. The van der Waals surface area contributed by atoms with Gasteiger partial charge < -0.3 is 4.74 Å². The minimum Gasteiger partial charge on any atom is -0.491 e. The van der Waals surface area contributed by atoms with Crippen molar-refractivity contribution in [1.29, 1.82) is 0 Å². The Morgan fingerprint density at radius 1 is 0.913 bits per heavy atom. The lowest BCUT2D eigenvalue weighted by Crippen LogP contribution is -2.35. The number of ether oxygens (including phenoxy) is 1. The molecule has 0 heterocycles. The molecule has 0 radical (unpaired) electrons. The lowest BCUT2D eigenvalue weighted by atomic mass is 9.62. The van der Waals surface area contributed by atoms with Crippen LogP contribution >= 0.6 is 15.9 Å². The Morgan fingerprint density at radius 3 is 1.87 bits per heavy atom. The van der Waals surface area contributed by atoms with Gasteiger partial charge in [-0.3, -0.25) is 9.59 Å². The van der Waals surface area contributed by atoms with Crippen molar-refractivity contribution in [2.45, 2.75) is 51.4 Å². The van der Waals surface area contributed by atoms with Gasteiger partial charge in [-0.15, -0.1) is 0 Å². The van der Waals surface area contributed by atoms with Crippen LogP contribution in [0.4, 0.5) is 0 Å². The topological polar surface area (TPSA) is 43.4 Å². The second-order valence-electron chi connectivity index (χ2n) is 7.72. The molecule has 3 nitrogen and oxygen atoms in total. The molecule has 0 spiro atoms. The van der Waals surface area contributed by atoms with Gasteiger partial charge in [0.15, 0.2) is 5.76 Å². The van der Waals surface area contributed by atoms with Gasteiger partial charge in [-0.2, -0.15) is 0 Å². The highest BCUT2D eigenvalue weighted by Gasteiger charge is 2.41. The fraction of sp³-hybridized carbons (Fsp3) is 0.474. The molecular weight excluding hydrogens is 356 g/mol. The number of carbonyl (C=O) groups excluding carboxylic acids is 2. The molecule has 3 rings (SSSR count). The molecule has 2 aliphatic carbocycles. The first kappa shape index (κ1) is 16.4. The molecular formula is C19H21BrO3. The first-order valence-corrected chi connectivity index (χ1v) is 8.61. The second-order valence-corrected chi connectivity index (χ2v) is 8.51. The fourth-order valence-electron chi connectivity index (χ4n) is 3.61. The first-order chi connectivity index (χ1) is 10.6. The summed E-state index contributed by atoms with van der Waals surface area (Å²) >= 11 is 3.46. The second kappa shape index (κ2) is 5.04. The van der Waals surface area contributed by atoms with Crippen molar-refractivity contribution in [3.05, 3.63) is 40.1 Å². The highest BCUT2D eigenvalue weighted by atomic mass is 79.9. The number of methoxy groups -OCH3 is 1. The molecule has 0 fully saturated rings. The summed E-state index contributed by atoms with van der Waals surface area (Å²) < 4.78 is 5.71. The quantitative estimate of drug-likeness (QED) is 0.677. The van der Waals surface area contributed by atoms with Crippen molar-refractivity contribution in [3.8, 4) is 0 Å². The Kier molecular flexibility index (Phi) is 3.60. The standard InChI is InChI=1S/C19H21BrO3/c1-18(2)6-7-19(3,4)13-9-11-10(8-12(13)18)14(20)17(23-5)16(22)15(11)21/h8-9H,6-7H2,1-5H3. The maximum Gasteiger partial charge on any atom is 0.269 e. The molecule has 2 aliphatic rings. The summed E-state index contributed by atoms with van der Waals surface area (Å²) in [5, 5.41) is 0. The third-order valence-corrected chi connectivity index (χ3v) is 6.08. The number of allylic oxidation sites excluding steroid dienone is 1. The van der Waals surface area contributed by atoms with Crippen LogP contribution in [0.25, 0.3) is 4.48 Å². The Morgan fingerprint density at radius 2 is 1.39 bits per heavy atom. The number of hydrogen-bond donors (Lipinski definition) is 0. The molecule has 4 heteroatoms. The molecule has 0 aromatic heterocycles. The van der Waals surface area contributed by atoms with E-state index in [1.807, 2.05) is 6.07 Å². The molecule has 1 aromatic carbocycles. The molecule has 0 bridgehead atoms. The Balaban J connectivity index is 2.35. The number of Topliss-reactive ketones (excluding diaryl/α,β-unsaturated/α-hetero) is 2. The molecule has 122 valence electrons. The minimum absolute atomic E-state index is 0.000927. The summed E-state index contributed by atoms with van der Waals surface area (Å²) in [5.74, 6) is -0.975. The van der Waals surface area contributed by atoms with Crippen molar-refractivity contribution in [2.24, 2.45) is 0 Å². The lowest BCUT2D eigenvalue weighted by Gasteiger charge is -2.42. The summed E-state index contributed by atoms with van der Waals surface area (Å²) in [6.45, 7) is 8.87. The van der Waals surface area contributed by atoms with E-state index in [2.05, 4.69) is 49.7 Å². The smallest absolute Gasteiger partial charge is 0.269 e. The lowest BCUT2D eigenvalue weighted by molar-refractivity contribution is -0.114. The molecule has 0 unspecified atom stereocenters. The zero-order valence-corrected chi connectivity index (χ0v) is 15.8. The van der Waals surface area contributed by atoms with Gasteiger partial charge in [0.2, 0.25) is 5.78 Å².